The minimum Gasteiger partial charge on any atom is -0.349 e. The Labute approximate surface area is 93.3 Å². The Bertz CT molecular complexity index is 408. The number of rotatable bonds is 2. The highest BCUT2D eigenvalue weighted by Gasteiger charge is 2.34. The van der Waals surface area contributed by atoms with Crippen molar-refractivity contribution in [2.45, 2.75) is 24.3 Å². The molecule has 2 atom stereocenters. The molecule has 2 nitrogen and oxygen atoms in total. The van der Waals surface area contributed by atoms with Gasteiger partial charge in [-0.1, -0.05) is 6.92 Å². The van der Waals surface area contributed by atoms with Gasteiger partial charge in [-0.3, -0.25) is 4.79 Å². The lowest BCUT2D eigenvalue weighted by atomic mass is 10.2. The number of carbonyl (C=O) groups excluding carboxylic acids is 1. The number of hydrogen-bond acceptors (Lipinski definition) is 2. The van der Waals surface area contributed by atoms with E-state index in [4.69, 9.17) is 0 Å². The molecule has 0 aliphatic heterocycles. The maximum atomic E-state index is 13.3. The summed E-state index contributed by atoms with van der Waals surface area (Å²) in [7, 11) is 0. The monoisotopic (exact) mass is 225 g/mol. The van der Waals surface area contributed by atoms with E-state index in [0.717, 1.165) is 6.42 Å². The van der Waals surface area contributed by atoms with Crippen molar-refractivity contribution in [3.8, 4) is 0 Å². The van der Waals surface area contributed by atoms with Crippen LogP contribution in [0.2, 0.25) is 0 Å². The molecule has 0 radical (unpaired) electrons. The highest BCUT2D eigenvalue weighted by atomic mass is 32.1. The van der Waals surface area contributed by atoms with E-state index >= 15 is 0 Å². The second-order valence-electron chi connectivity index (χ2n) is 3.96. The van der Waals surface area contributed by atoms with Crippen LogP contribution in [0.15, 0.2) is 23.1 Å². The van der Waals surface area contributed by atoms with Crippen LogP contribution in [0.1, 0.15) is 23.7 Å². The van der Waals surface area contributed by atoms with E-state index in [1.54, 1.807) is 0 Å². The number of thiol groups is 1. The first kappa shape index (κ1) is 10.5. The molecule has 0 heterocycles. The van der Waals surface area contributed by atoms with Crippen molar-refractivity contribution < 1.29 is 9.18 Å². The molecule has 0 aromatic heterocycles. The zero-order chi connectivity index (χ0) is 11.0. The van der Waals surface area contributed by atoms with Gasteiger partial charge >= 0.3 is 0 Å². The summed E-state index contributed by atoms with van der Waals surface area (Å²) in [6, 6.07) is 4.43. The lowest BCUT2D eigenvalue weighted by Gasteiger charge is -2.05. The predicted molar refractivity (Wildman–Crippen MR) is 58.7 cm³/mol. The minimum atomic E-state index is -0.501. The first-order valence-electron chi connectivity index (χ1n) is 4.87. The molecule has 1 amide bonds. The SMILES string of the molecule is CC1CC1NC(=O)c1cc(S)ccc1F. The fraction of sp³-hybridized carbons (Fsp3) is 0.364. The van der Waals surface area contributed by atoms with Crippen LogP contribution in [0, 0.1) is 11.7 Å². The van der Waals surface area contributed by atoms with Gasteiger partial charge in [0.05, 0.1) is 5.56 Å². The summed E-state index contributed by atoms with van der Waals surface area (Å²) in [4.78, 5) is 12.2. The number of amides is 1. The van der Waals surface area contributed by atoms with E-state index in [2.05, 4.69) is 24.9 Å². The normalized spacial score (nSPS) is 23.7. The number of halogens is 1. The van der Waals surface area contributed by atoms with E-state index in [-0.39, 0.29) is 17.5 Å². The average molecular weight is 225 g/mol. The van der Waals surface area contributed by atoms with Crippen LogP contribution in [0.3, 0.4) is 0 Å². The van der Waals surface area contributed by atoms with E-state index in [1.807, 2.05) is 0 Å². The van der Waals surface area contributed by atoms with Gasteiger partial charge in [0.15, 0.2) is 0 Å². The maximum Gasteiger partial charge on any atom is 0.254 e. The van der Waals surface area contributed by atoms with Crippen LogP contribution in [0.5, 0.6) is 0 Å². The molecule has 0 saturated heterocycles. The van der Waals surface area contributed by atoms with Crippen molar-refractivity contribution in [1.29, 1.82) is 0 Å². The third kappa shape index (κ3) is 2.31. The molecular formula is C11H12FNOS. The molecule has 2 rings (SSSR count). The van der Waals surface area contributed by atoms with Crippen LogP contribution in [-0.2, 0) is 0 Å². The van der Waals surface area contributed by atoms with E-state index in [0.29, 0.717) is 10.8 Å². The van der Waals surface area contributed by atoms with Gasteiger partial charge in [-0.25, -0.2) is 4.39 Å². The van der Waals surface area contributed by atoms with Crippen LogP contribution in [0.4, 0.5) is 4.39 Å². The molecule has 4 heteroatoms. The summed E-state index contributed by atoms with van der Waals surface area (Å²) in [5.74, 6) is -0.340. The van der Waals surface area contributed by atoms with Gasteiger partial charge in [0.25, 0.3) is 5.91 Å². The number of benzene rings is 1. The maximum absolute atomic E-state index is 13.3. The molecule has 80 valence electrons. The molecule has 1 aromatic rings. The third-order valence-electron chi connectivity index (χ3n) is 2.62. The standard InChI is InChI=1S/C11H12FNOS/c1-6-4-10(6)13-11(14)8-5-7(15)2-3-9(8)12/h2-3,5-6,10,15H,4H2,1H3,(H,13,14). The molecule has 1 fully saturated rings. The quantitative estimate of drug-likeness (QED) is 0.743. The molecule has 0 bridgehead atoms. The number of nitrogens with one attached hydrogen (secondary N) is 1. The highest BCUT2D eigenvalue weighted by Crippen LogP contribution is 2.29. The highest BCUT2D eigenvalue weighted by molar-refractivity contribution is 7.80. The second kappa shape index (κ2) is 3.85. The fourth-order valence-corrected chi connectivity index (χ4v) is 1.66. The molecule has 1 N–H and O–H groups in total. The number of carbonyl (C=O) groups is 1. The topological polar surface area (TPSA) is 29.1 Å². The van der Waals surface area contributed by atoms with Gasteiger partial charge in [-0.05, 0) is 30.5 Å². The van der Waals surface area contributed by atoms with Crippen molar-refractivity contribution in [3.05, 3.63) is 29.6 Å². The first-order valence-corrected chi connectivity index (χ1v) is 5.32. The molecule has 1 aliphatic rings. The van der Waals surface area contributed by atoms with Crippen molar-refractivity contribution >= 4 is 18.5 Å². The van der Waals surface area contributed by atoms with Crippen molar-refractivity contribution in [1.82, 2.24) is 5.32 Å². The first-order chi connectivity index (χ1) is 7.08. The summed E-state index contributed by atoms with van der Waals surface area (Å²) in [5.41, 5.74) is 0.0709. The Morgan fingerprint density at radius 2 is 2.27 bits per heavy atom. The molecule has 1 saturated carbocycles. The molecule has 0 spiro atoms. The van der Waals surface area contributed by atoms with Crippen LogP contribution in [-0.4, -0.2) is 11.9 Å². The van der Waals surface area contributed by atoms with Crippen molar-refractivity contribution in [3.63, 3.8) is 0 Å². The zero-order valence-electron chi connectivity index (χ0n) is 8.33. The zero-order valence-corrected chi connectivity index (χ0v) is 9.22. The lowest BCUT2D eigenvalue weighted by Crippen LogP contribution is -2.27. The third-order valence-corrected chi connectivity index (χ3v) is 2.90. The average Bonchev–Trinajstić information content (AvgIpc) is 2.86. The van der Waals surface area contributed by atoms with Gasteiger partial charge in [-0.2, -0.15) is 0 Å². The van der Waals surface area contributed by atoms with Crippen molar-refractivity contribution in [2.75, 3.05) is 0 Å². The van der Waals surface area contributed by atoms with E-state index < -0.39 is 5.82 Å². The summed E-state index contributed by atoms with van der Waals surface area (Å²) < 4.78 is 13.3. The van der Waals surface area contributed by atoms with Crippen molar-refractivity contribution in [2.24, 2.45) is 5.92 Å². The summed E-state index contributed by atoms with van der Waals surface area (Å²) in [5, 5.41) is 2.78. The minimum absolute atomic E-state index is 0.0709. The molecular weight excluding hydrogens is 213 g/mol. The van der Waals surface area contributed by atoms with E-state index in [9.17, 15) is 9.18 Å². The summed E-state index contributed by atoms with van der Waals surface area (Å²) in [6.07, 6.45) is 0.980. The largest absolute Gasteiger partial charge is 0.349 e. The Kier molecular flexibility index (Phi) is 2.69. The molecule has 15 heavy (non-hydrogen) atoms. The Balaban J connectivity index is 2.14. The Hall–Kier alpha value is -1.03. The van der Waals surface area contributed by atoms with Gasteiger partial charge in [0.2, 0.25) is 0 Å². The molecule has 1 aromatic carbocycles. The van der Waals surface area contributed by atoms with Crippen LogP contribution >= 0.6 is 12.6 Å². The second-order valence-corrected chi connectivity index (χ2v) is 4.47. The predicted octanol–water partition coefficient (Wildman–Crippen LogP) is 2.25. The fourth-order valence-electron chi connectivity index (χ4n) is 1.46. The lowest BCUT2D eigenvalue weighted by molar-refractivity contribution is 0.0945. The van der Waals surface area contributed by atoms with Gasteiger partial charge in [-0.15, -0.1) is 12.6 Å². The number of hydrogen-bond donors (Lipinski definition) is 2. The summed E-state index contributed by atoms with van der Waals surface area (Å²) >= 11 is 4.07. The Morgan fingerprint density at radius 3 is 2.87 bits per heavy atom. The van der Waals surface area contributed by atoms with Gasteiger partial charge in [0, 0.05) is 10.9 Å². The van der Waals surface area contributed by atoms with Crippen LogP contribution in [0.25, 0.3) is 0 Å². The molecule has 2 unspecified atom stereocenters. The smallest absolute Gasteiger partial charge is 0.254 e. The Morgan fingerprint density at radius 1 is 1.60 bits per heavy atom. The van der Waals surface area contributed by atoms with Gasteiger partial charge in [0.1, 0.15) is 5.82 Å². The molecule has 1 aliphatic carbocycles. The van der Waals surface area contributed by atoms with E-state index in [1.165, 1.54) is 18.2 Å². The summed E-state index contributed by atoms with van der Waals surface area (Å²) in [6.45, 7) is 2.05. The van der Waals surface area contributed by atoms with Gasteiger partial charge < -0.3 is 5.32 Å². The van der Waals surface area contributed by atoms with Crippen LogP contribution < -0.4 is 5.32 Å².